The van der Waals surface area contributed by atoms with Crippen LogP contribution in [0.5, 0.6) is 17.2 Å². The molecule has 9 heteroatoms. The van der Waals surface area contributed by atoms with Crippen molar-refractivity contribution in [1.82, 2.24) is 0 Å². The van der Waals surface area contributed by atoms with Gasteiger partial charge in [-0.1, -0.05) is 12.1 Å². The molecule has 9 nitrogen and oxygen atoms in total. The van der Waals surface area contributed by atoms with Crippen LogP contribution in [0.1, 0.15) is 28.4 Å². The molecule has 0 aliphatic carbocycles. The van der Waals surface area contributed by atoms with E-state index in [0.717, 1.165) is 5.56 Å². The van der Waals surface area contributed by atoms with Crippen LogP contribution >= 0.6 is 0 Å². The van der Waals surface area contributed by atoms with Crippen molar-refractivity contribution in [2.75, 3.05) is 6.61 Å². The summed E-state index contributed by atoms with van der Waals surface area (Å²) >= 11 is 0. The first-order valence-corrected chi connectivity index (χ1v) is 9.47. The van der Waals surface area contributed by atoms with Gasteiger partial charge in [0.15, 0.2) is 5.78 Å². The van der Waals surface area contributed by atoms with Crippen molar-refractivity contribution in [3.8, 4) is 17.2 Å². The van der Waals surface area contributed by atoms with Crippen LogP contribution in [0.25, 0.3) is 0 Å². The Kier molecular flexibility index (Phi) is 5.63. The van der Waals surface area contributed by atoms with E-state index in [2.05, 4.69) is 0 Å². The number of aliphatic hydroxyl groups is 4. The molecule has 0 bridgehead atoms. The fourth-order valence-electron chi connectivity index (χ4n) is 3.55. The van der Waals surface area contributed by atoms with E-state index in [-0.39, 0.29) is 29.5 Å². The molecule has 0 amide bonds. The van der Waals surface area contributed by atoms with Crippen LogP contribution in [0.15, 0.2) is 42.5 Å². The molecule has 0 spiro atoms. The maximum absolute atomic E-state index is 12.5. The molecule has 4 rings (SSSR count). The van der Waals surface area contributed by atoms with Crippen LogP contribution < -0.4 is 9.47 Å². The molecule has 0 unspecified atom stereocenters. The summed E-state index contributed by atoms with van der Waals surface area (Å²) in [7, 11) is 0. The summed E-state index contributed by atoms with van der Waals surface area (Å²) in [5.74, 6) is 0.480. The molecule has 0 saturated carbocycles. The van der Waals surface area contributed by atoms with Crippen molar-refractivity contribution in [3.63, 3.8) is 0 Å². The lowest BCUT2D eigenvalue weighted by atomic mass is 9.96. The van der Waals surface area contributed by atoms with Gasteiger partial charge < -0.3 is 39.7 Å². The third-order valence-corrected chi connectivity index (χ3v) is 5.26. The van der Waals surface area contributed by atoms with E-state index in [1.807, 2.05) is 0 Å². The van der Waals surface area contributed by atoms with E-state index < -0.39 is 43.4 Å². The number of ketones is 1. The number of aromatic hydroxyl groups is 1. The van der Waals surface area contributed by atoms with Crippen LogP contribution in [0.4, 0.5) is 0 Å². The molecule has 1 fully saturated rings. The van der Waals surface area contributed by atoms with Crippen molar-refractivity contribution in [2.45, 2.75) is 43.2 Å². The molecule has 0 radical (unpaired) electrons. The van der Waals surface area contributed by atoms with E-state index in [0.29, 0.717) is 5.56 Å². The molecule has 0 aromatic heterocycles. The molecular formula is C21H22O9. The Morgan fingerprint density at radius 2 is 1.73 bits per heavy atom. The summed E-state index contributed by atoms with van der Waals surface area (Å²) in [5, 5.41) is 48.6. The smallest absolute Gasteiger partial charge is 0.229 e. The molecular weight excluding hydrogens is 396 g/mol. The first-order chi connectivity index (χ1) is 14.4. The van der Waals surface area contributed by atoms with Gasteiger partial charge in [-0.25, -0.2) is 0 Å². The number of carbonyl (C=O) groups is 1. The van der Waals surface area contributed by atoms with Gasteiger partial charge in [-0.15, -0.1) is 0 Å². The zero-order chi connectivity index (χ0) is 21.4. The third kappa shape index (κ3) is 3.85. The summed E-state index contributed by atoms with van der Waals surface area (Å²) < 4.78 is 16.9. The Labute approximate surface area is 171 Å². The topological polar surface area (TPSA) is 146 Å². The quantitative estimate of drug-likeness (QED) is 0.472. The molecule has 2 aliphatic rings. The maximum atomic E-state index is 12.5. The first-order valence-electron chi connectivity index (χ1n) is 9.47. The van der Waals surface area contributed by atoms with Gasteiger partial charge in [0.25, 0.3) is 0 Å². The van der Waals surface area contributed by atoms with Gasteiger partial charge in [0.2, 0.25) is 6.29 Å². The number of fused-ring (bicyclic) bond motifs is 1. The molecule has 2 heterocycles. The number of hydrogen-bond donors (Lipinski definition) is 5. The summed E-state index contributed by atoms with van der Waals surface area (Å²) in [5.41, 5.74) is 1.11. The summed E-state index contributed by atoms with van der Waals surface area (Å²) in [4.78, 5) is 12.5. The van der Waals surface area contributed by atoms with Crippen molar-refractivity contribution in [2.24, 2.45) is 0 Å². The predicted molar refractivity (Wildman–Crippen MR) is 101 cm³/mol. The Bertz CT molecular complexity index is 911. The molecule has 2 aliphatic heterocycles. The Morgan fingerprint density at radius 1 is 1.00 bits per heavy atom. The number of phenols is 1. The minimum Gasteiger partial charge on any atom is -0.508 e. The number of rotatable bonds is 4. The SMILES string of the molecule is O=C1C[C@H](c2ccc(O)cc2)Oc2cc(O[C@@H]3O[C@H](CO)[C@@H](O)[C@H](O)[C@H]3O)ccc21. The Balaban J connectivity index is 1.54. The molecule has 2 aromatic carbocycles. The molecule has 5 N–H and O–H groups in total. The number of Topliss-reactive ketones (excluding diaryl/α,β-unsaturated/α-hetero) is 1. The molecule has 1 saturated heterocycles. The zero-order valence-corrected chi connectivity index (χ0v) is 15.8. The average Bonchev–Trinajstić information content (AvgIpc) is 2.74. The average molecular weight is 418 g/mol. The van der Waals surface area contributed by atoms with Gasteiger partial charge in [0.05, 0.1) is 18.6 Å². The second-order valence-corrected chi connectivity index (χ2v) is 7.30. The van der Waals surface area contributed by atoms with Crippen LogP contribution in [0.2, 0.25) is 0 Å². The Morgan fingerprint density at radius 3 is 2.43 bits per heavy atom. The van der Waals surface area contributed by atoms with Gasteiger partial charge in [0.1, 0.15) is 47.8 Å². The van der Waals surface area contributed by atoms with E-state index in [4.69, 9.17) is 14.2 Å². The maximum Gasteiger partial charge on any atom is 0.229 e. The highest BCUT2D eigenvalue weighted by atomic mass is 16.7. The second-order valence-electron chi connectivity index (χ2n) is 7.30. The van der Waals surface area contributed by atoms with E-state index in [1.54, 1.807) is 12.1 Å². The van der Waals surface area contributed by atoms with E-state index in [9.17, 15) is 30.3 Å². The van der Waals surface area contributed by atoms with Gasteiger partial charge in [-0.05, 0) is 29.8 Å². The molecule has 30 heavy (non-hydrogen) atoms. The molecule has 2 aromatic rings. The predicted octanol–water partition coefficient (Wildman–Crippen LogP) is 0.277. The lowest BCUT2D eigenvalue weighted by Gasteiger charge is -2.39. The number of carbonyl (C=O) groups excluding carboxylic acids is 1. The number of hydrogen-bond acceptors (Lipinski definition) is 9. The summed E-state index contributed by atoms with van der Waals surface area (Å²) in [6.07, 6.45) is -7.42. The molecule has 6 atom stereocenters. The fraction of sp³-hybridized carbons (Fsp3) is 0.381. The third-order valence-electron chi connectivity index (χ3n) is 5.26. The number of phenolic OH excluding ortho intramolecular Hbond substituents is 1. The first kappa shape index (κ1) is 20.6. The van der Waals surface area contributed by atoms with Crippen molar-refractivity contribution in [3.05, 3.63) is 53.6 Å². The highest BCUT2D eigenvalue weighted by Gasteiger charge is 2.44. The van der Waals surface area contributed by atoms with Crippen molar-refractivity contribution < 1.29 is 44.5 Å². The number of ether oxygens (including phenoxy) is 3. The normalized spacial score (nSPS) is 31.0. The van der Waals surface area contributed by atoms with Crippen LogP contribution in [-0.4, -0.2) is 68.6 Å². The van der Waals surface area contributed by atoms with Crippen molar-refractivity contribution in [1.29, 1.82) is 0 Å². The van der Waals surface area contributed by atoms with Crippen LogP contribution in [-0.2, 0) is 4.74 Å². The fourth-order valence-corrected chi connectivity index (χ4v) is 3.55. The highest BCUT2D eigenvalue weighted by molar-refractivity contribution is 6.00. The minimum atomic E-state index is -1.56. The molecule has 160 valence electrons. The largest absolute Gasteiger partial charge is 0.508 e. The van der Waals surface area contributed by atoms with Gasteiger partial charge in [-0.3, -0.25) is 4.79 Å². The van der Waals surface area contributed by atoms with Gasteiger partial charge in [0, 0.05) is 6.07 Å². The number of benzene rings is 2. The lowest BCUT2D eigenvalue weighted by molar-refractivity contribution is -0.277. The summed E-state index contributed by atoms with van der Waals surface area (Å²) in [6, 6.07) is 10.9. The Hall–Kier alpha value is -2.69. The second kappa shape index (κ2) is 8.21. The highest BCUT2D eigenvalue weighted by Crippen LogP contribution is 2.38. The van der Waals surface area contributed by atoms with Gasteiger partial charge >= 0.3 is 0 Å². The standard InChI is InChI=1S/C21H22O9/c22-9-17-18(25)19(26)20(27)21(30-17)28-12-5-6-13-14(24)8-15(29-16(13)7-12)10-1-3-11(23)4-2-10/h1-7,15,17-23,25-27H,8-9H2/t15-,17-,18-,19+,20-,21-/m1/s1. The minimum absolute atomic E-state index is 0.108. The monoisotopic (exact) mass is 418 g/mol. The van der Waals surface area contributed by atoms with Gasteiger partial charge in [-0.2, -0.15) is 0 Å². The van der Waals surface area contributed by atoms with E-state index in [1.165, 1.54) is 30.3 Å². The van der Waals surface area contributed by atoms with Crippen LogP contribution in [0.3, 0.4) is 0 Å². The van der Waals surface area contributed by atoms with Crippen LogP contribution in [0, 0.1) is 0 Å². The van der Waals surface area contributed by atoms with Crippen molar-refractivity contribution >= 4 is 5.78 Å². The summed E-state index contributed by atoms with van der Waals surface area (Å²) in [6.45, 7) is -0.569. The lowest BCUT2D eigenvalue weighted by Crippen LogP contribution is -2.60. The zero-order valence-electron chi connectivity index (χ0n) is 15.8. The van der Waals surface area contributed by atoms with E-state index >= 15 is 0 Å². The number of aliphatic hydroxyl groups excluding tert-OH is 4.